The van der Waals surface area contributed by atoms with Crippen LogP contribution in [-0.2, 0) is 12.8 Å². The van der Waals surface area contributed by atoms with E-state index in [9.17, 15) is 0 Å². The van der Waals surface area contributed by atoms with E-state index in [0.717, 1.165) is 35.4 Å². The van der Waals surface area contributed by atoms with Crippen LogP contribution in [0.25, 0.3) is 22.5 Å². The summed E-state index contributed by atoms with van der Waals surface area (Å²) >= 11 is 0. The van der Waals surface area contributed by atoms with Crippen LogP contribution in [0.5, 0.6) is 0 Å². The van der Waals surface area contributed by atoms with Gasteiger partial charge < -0.3 is 0 Å². The lowest BCUT2D eigenvalue weighted by Crippen LogP contribution is -1.91. The van der Waals surface area contributed by atoms with Crippen molar-refractivity contribution in [2.24, 2.45) is 0 Å². The fraction of sp³-hybridized carbons (Fsp3) is 0.238. The number of hydrogen-bond donors (Lipinski definition) is 0. The molecule has 0 saturated heterocycles. The van der Waals surface area contributed by atoms with E-state index in [1.807, 2.05) is 12.4 Å². The molecule has 116 valence electrons. The fourth-order valence-electron chi connectivity index (χ4n) is 2.67. The lowest BCUT2D eigenvalue weighted by molar-refractivity contribution is 0.922. The van der Waals surface area contributed by atoms with Gasteiger partial charge in [-0.2, -0.15) is 0 Å². The number of hydrogen-bond acceptors (Lipinski definition) is 2. The van der Waals surface area contributed by atoms with Crippen molar-refractivity contribution in [1.29, 1.82) is 0 Å². The Bertz CT molecular complexity index is 741. The summed E-state index contributed by atoms with van der Waals surface area (Å²) in [5, 5.41) is 0. The molecule has 3 aromatic rings. The highest BCUT2D eigenvalue weighted by Crippen LogP contribution is 2.21. The SMILES string of the molecule is CCCc1ccc(-c2ncc(-c3ccc(CC)cc3)cn2)cc1. The van der Waals surface area contributed by atoms with Gasteiger partial charge in [0.2, 0.25) is 0 Å². The second-order valence-corrected chi connectivity index (χ2v) is 5.79. The van der Waals surface area contributed by atoms with Crippen LogP contribution in [0.15, 0.2) is 60.9 Å². The molecule has 0 radical (unpaired) electrons. The average Bonchev–Trinajstić information content (AvgIpc) is 2.63. The van der Waals surface area contributed by atoms with Crippen molar-refractivity contribution < 1.29 is 0 Å². The monoisotopic (exact) mass is 302 g/mol. The fourth-order valence-corrected chi connectivity index (χ4v) is 2.67. The maximum absolute atomic E-state index is 4.53. The molecule has 0 atom stereocenters. The van der Waals surface area contributed by atoms with Crippen molar-refractivity contribution in [3.8, 4) is 22.5 Å². The van der Waals surface area contributed by atoms with Gasteiger partial charge in [-0.3, -0.25) is 0 Å². The van der Waals surface area contributed by atoms with Crippen LogP contribution >= 0.6 is 0 Å². The molecule has 0 fully saturated rings. The molecular formula is C21H22N2. The molecule has 0 aliphatic carbocycles. The third kappa shape index (κ3) is 3.65. The van der Waals surface area contributed by atoms with Gasteiger partial charge in [0, 0.05) is 23.5 Å². The van der Waals surface area contributed by atoms with Crippen LogP contribution < -0.4 is 0 Å². The van der Waals surface area contributed by atoms with Gasteiger partial charge in [0.15, 0.2) is 5.82 Å². The Balaban J connectivity index is 1.80. The summed E-state index contributed by atoms with van der Waals surface area (Å²) in [4.78, 5) is 9.06. The molecule has 0 aliphatic rings. The van der Waals surface area contributed by atoms with Crippen LogP contribution in [0.2, 0.25) is 0 Å². The quantitative estimate of drug-likeness (QED) is 0.637. The molecule has 0 saturated carbocycles. The van der Waals surface area contributed by atoms with Gasteiger partial charge in [-0.15, -0.1) is 0 Å². The van der Waals surface area contributed by atoms with E-state index in [1.54, 1.807) is 0 Å². The van der Waals surface area contributed by atoms with Crippen molar-refractivity contribution in [3.05, 3.63) is 72.1 Å². The van der Waals surface area contributed by atoms with Gasteiger partial charge >= 0.3 is 0 Å². The van der Waals surface area contributed by atoms with Gasteiger partial charge in [-0.05, 0) is 29.5 Å². The van der Waals surface area contributed by atoms with Gasteiger partial charge in [0.05, 0.1) is 0 Å². The molecule has 1 heterocycles. The van der Waals surface area contributed by atoms with Gasteiger partial charge in [0.1, 0.15) is 0 Å². The van der Waals surface area contributed by atoms with E-state index < -0.39 is 0 Å². The Morgan fingerprint density at radius 1 is 0.652 bits per heavy atom. The molecule has 1 aromatic heterocycles. The zero-order chi connectivity index (χ0) is 16.1. The lowest BCUT2D eigenvalue weighted by atomic mass is 10.1. The maximum Gasteiger partial charge on any atom is 0.159 e. The maximum atomic E-state index is 4.53. The molecule has 2 aromatic carbocycles. The molecule has 0 N–H and O–H groups in total. The second kappa shape index (κ2) is 7.19. The minimum Gasteiger partial charge on any atom is -0.236 e. The van der Waals surface area contributed by atoms with Crippen LogP contribution in [-0.4, -0.2) is 9.97 Å². The molecule has 0 aliphatic heterocycles. The van der Waals surface area contributed by atoms with Crippen molar-refractivity contribution in [2.45, 2.75) is 33.1 Å². The Morgan fingerprint density at radius 3 is 1.78 bits per heavy atom. The summed E-state index contributed by atoms with van der Waals surface area (Å²) < 4.78 is 0. The predicted octanol–water partition coefficient (Wildman–Crippen LogP) is 5.33. The summed E-state index contributed by atoms with van der Waals surface area (Å²) in [5.41, 5.74) is 5.99. The minimum atomic E-state index is 0.780. The smallest absolute Gasteiger partial charge is 0.159 e. The Labute approximate surface area is 138 Å². The average molecular weight is 302 g/mol. The Hall–Kier alpha value is -2.48. The van der Waals surface area contributed by atoms with Crippen molar-refractivity contribution in [3.63, 3.8) is 0 Å². The predicted molar refractivity (Wildman–Crippen MR) is 96.3 cm³/mol. The number of aromatic nitrogens is 2. The highest BCUT2D eigenvalue weighted by Gasteiger charge is 2.03. The van der Waals surface area contributed by atoms with E-state index in [4.69, 9.17) is 0 Å². The standard InChI is InChI=1S/C21H22N2/c1-3-5-17-8-12-19(13-9-17)21-22-14-20(15-23-21)18-10-6-16(4-2)7-11-18/h6-15H,3-5H2,1-2H3. The molecule has 3 rings (SSSR count). The normalized spacial score (nSPS) is 10.7. The number of aryl methyl sites for hydroxylation is 2. The molecule has 0 amide bonds. The van der Waals surface area contributed by atoms with Crippen LogP contribution in [0, 0.1) is 0 Å². The van der Waals surface area contributed by atoms with Crippen molar-refractivity contribution in [2.75, 3.05) is 0 Å². The Kier molecular flexibility index (Phi) is 4.82. The first-order chi connectivity index (χ1) is 11.3. The zero-order valence-corrected chi connectivity index (χ0v) is 13.8. The number of rotatable bonds is 5. The van der Waals surface area contributed by atoms with Crippen LogP contribution in [0.4, 0.5) is 0 Å². The summed E-state index contributed by atoms with van der Waals surface area (Å²) in [7, 11) is 0. The summed E-state index contributed by atoms with van der Waals surface area (Å²) in [5.74, 6) is 0.780. The first kappa shape index (κ1) is 15.4. The molecule has 0 spiro atoms. The topological polar surface area (TPSA) is 25.8 Å². The van der Waals surface area contributed by atoms with Gasteiger partial charge in [-0.25, -0.2) is 9.97 Å². The van der Waals surface area contributed by atoms with Crippen LogP contribution in [0.1, 0.15) is 31.4 Å². The van der Waals surface area contributed by atoms with E-state index in [-0.39, 0.29) is 0 Å². The van der Waals surface area contributed by atoms with E-state index >= 15 is 0 Å². The number of nitrogens with zero attached hydrogens (tertiary/aromatic N) is 2. The van der Waals surface area contributed by atoms with Crippen molar-refractivity contribution >= 4 is 0 Å². The third-order valence-corrected chi connectivity index (χ3v) is 4.10. The largest absolute Gasteiger partial charge is 0.236 e. The highest BCUT2D eigenvalue weighted by atomic mass is 14.9. The van der Waals surface area contributed by atoms with Gasteiger partial charge in [0.25, 0.3) is 0 Å². The van der Waals surface area contributed by atoms with E-state index in [0.29, 0.717) is 0 Å². The number of benzene rings is 2. The first-order valence-corrected chi connectivity index (χ1v) is 8.31. The summed E-state index contributed by atoms with van der Waals surface area (Å²) in [6.45, 7) is 4.36. The highest BCUT2D eigenvalue weighted by molar-refractivity contribution is 5.64. The molecule has 23 heavy (non-hydrogen) atoms. The molecular weight excluding hydrogens is 280 g/mol. The second-order valence-electron chi connectivity index (χ2n) is 5.79. The molecule has 0 bridgehead atoms. The van der Waals surface area contributed by atoms with Crippen molar-refractivity contribution in [1.82, 2.24) is 9.97 Å². The van der Waals surface area contributed by atoms with Gasteiger partial charge in [-0.1, -0.05) is 68.8 Å². The van der Waals surface area contributed by atoms with E-state index in [1.165, 1.54) is 17.5 Å². The molecule has 0 unspecified atom stereocenters. The Morgan fingerprint density at radius 2 is 1.22 bits per heavy atom. The zero-order valence-electron chi connectivity index (χ0n) is 13.8. The van der Waals surface area contributed by atoms with Crippen LogP contribution in [0.3, 0.4) is 0 Å². The molecule has 2 nitrogen and oxygen atoms in total. The minimum absolute atomic E-state index is 0.780. The molecule has 2 heteroatoms. The lowest BCUT2D eigenvalue weighted by Gasteiger charge is -2.05. The summed E-state index contributed by atoms with van der Waals surface area (Å²) in [6, 6.07) is 17.1. The third-order valence-electron chi connectivity index (χ3n) is 4.10. The van der Waals surface area contributed by atoms with E-state index in [2.05, 4.69) is 72.3 Å². The first-order valence-electron chi connectivity index (χ1n) is 8.31. The summed E-state index contributed by atoms with van der Waals surface area (Å²) in [6.07, 6.45) is 7.16.